The maximum Gasteiger partial charge on any atom is 0.333 e. The summed E-state index contributed by atoms with van der Waals surface area (Å²) in [7, 11) is 0. The summed E-state index contributed by atoms with van der Waals surface area (Å²) in [6.07, 6.45) is -34.0. The number of allylic oxidation sites excluding steroid dienone is 10. The van der Waals surface area contributed by atoms with E-state index in [-0.39, 0.29) is 12.2 Å². The third kappa shape index (κ3) is 27.5. The van der Waals surface area contributed by atoms with Crippen LogP contribution in [-0.2, 0) is 75.8 Å². The van der Waals surface area contributed by atoms with Crippen molar-refractivity contribution in [2.45, 2.75) is 372 Å². The second-order valence-electron chi connectivity index (χ2n) is 32.7. The van der Waals surface area contributed by atoms with Crippen molar-refractivity contribution in [2.75, 3.05) is 39.6 Å². The first-order valence-electron chi connectivity index (χ1n) is 40.8. The van der Waals surface area contributed by atoms with Crippen LogP contribution in [0.5, 0.6) is 0 Å². The average molecular weight is 1710 g/mol. The number of rotatable bonds is 42. The molecular formula is C82H134O37. The van der Waals surface area contributed by atoms with Crippen molar-refractivity contribution in [1.82, 2.24) is 0 Å². The van der Waals surface area contributed by atoms with Crippen LogP contribution in [0.15, 0.2) is 95.2 Å². The van der Waals surface area contributed by atoms with Crippen molar-refractivity contribution in [3.8, 4) is 0 Å². The molecule has 37 nitrogen and oxygen atoms in total. The molecule has 0 bridgehead atoms. The van der Waals surface area contributed by atoms with Gasteiger partial charge in [0.2, 0.25) is 0 Å². The Morgan fingerprint density at radius 1 is 0.336 bits per heavy atom. The Labute approximate surface area is 693 Å². The van der Waals surface area contributed by atoms with Crippen molar-refractivity contribution in [3.05, 3.63) is 95.2 Å². The highest BCUT2D eigenvalue weighted by atomic mass is 16.8. The van der Waals surface area contributed by atoms with Gasteiger partial charge in [0.05, 0.1) is 63.1 Å². The number of aliphatic hydroxyl groups excluding tert-OH is 21. The molecule has 7 aliphatic heterocycles. The number of aliphatic hydroxyl groups is 21. The fraction of sp³-hybridized carbons (Fsp3) is 0.793. The van der Waals surface area contributed by atoms with E-state index in [9.17, 15) is 112 Å². The van der Waals surface area contributed by atoms with Gasteiger partial charge in [0.25, 0.3) is 0 Å². The van der Waals surface area contributed by atoms with Crippen LogP contribution in [0.4, 0.5) is 0 Å². The summed E-state index contributed by atoms with van der Waals surface area (Å²) in [4.78, 5) is 13.5. The Kier molecular flexibility index (Phi) is 40.8. The lowest BCUT2D eigenvalue weighted by molar-refractivity contribution is -0.375. The predicted octanol–water partition coefficient (Wildman–Crippen LogP) is -2.41. The quantitative estimate of drug-likeness (QED) is 0.0172. The summed E-state index contributed by atoms with van der Waals surface area (Å²) in [5.74, 6) is -0.844. The van der Waals surface area contributed by atoms with E-state index in [0.29, 0.717) is 64.2 Å². The number of carbonyl (C=O) groups excluding carboxylic acids is 1. The zero-order valence-electron chi connectivity index (χ0n) is 69.4. The van der Waals surface area contributed by atoms with E-state index in [0.717, 1.165) is 40.7 Å². The molecule has 119 heavy (non-hydrogen) atoms. The molecule has 7 rings (SSSR count). The van der Waals surface area contributed by atoms with Gasteiger partial charge >= 0.3 is 5.97 Å². The average Bonchev–Trinajstić information content (AvgIpc) is 0.787. The van der Waals surface area contributed by atoms with E-state index in [1.165, 1.54) is 32.9 Å². The summed E-state index contributed by atoms with van der Waals surface area (Å²) in [6, 6.07) is 0. The van der Waals surface area contributed by atoms with Crippen LogP contribution in [0.2, 0.25) is 0 Å². The van der Waals surface area contributed by atoms with E-state index < -0.39 is 265 Å². The van der Waals surface area contributed by atoms with Crippen LogP contribution in [0.1, 0.15) is 146 Å². The first-order chi connectivity index (χ1) is 56.2. The standard InChI is InChI=1S/C82H134O37/c1-13-81(11,118-79-71(62(97)56(91)49(35-85)111-79)116-76-64(99)59(94)54(89)47(33-83)109-76)31-19-28-41(5)23-15-21-39(3)25-17-27-43(7)37-105-74-68(103)70(53(88)46(10)107-74)115-78-66(101)61(96)58(93)51(113-78)38-106-75-67(102)69(52(87)45(9)108-75)114-73(104)44(8)30-18-26-40(4)22-16-24-42(6)29-20-32-82(12,14-2)119-80-72(63(98)57(92)50(36-86)112-80)117-77-65(100)60(95)55(90)48(34-84)110-77/h13-14,21-22,27-30,45-72,74-80,83-103H,1-2,15-20,23-26,31-38H2,3-12H3/b39-21+,40-22+,41-28+,42-29+,43-27-,44-30+. The second-order valence-corrected chi connectivity index (χ2v) is 32.7. The third-order valence-corrected chi connectivity index (χ3v) is 22.9. The number of carbonyl (C=O) groups is 1. The molecule has 0 amide bonds. The maximum absolute atomic E-state index is 13.5. The van der Waals surface area contributed by atoms with Gasteiger partial charge in [-0.05, 0) is 146 Å². The smallest absolute Gasteiger partial charge is 0.333 e. The van der Waals surface area contributed by atoms with Crippen molar-refractivity contribution >= 4 is 5.97 Å². The molecule has 0 aromatic carbocycles. The van der Waals surface area contributed by atoms with Gasteiger partial charge in [-0.15, -0.1) is 13.2 Å². The Balaban J connectivity index is 0.820. The van der Waals surface area contributed by atoms with Gasteiger partial charge in [-0.1, -0.05) is 76.5 Å². The molecule has 7 aliphatic rings. The van der Waals surface area contributed by atoms with Gasteiger partial charge in [0.15, 0.2) is 50.1 Å². The molecular weight excluding hydrogens is 1580 g/mol. The van der Waals surface area contributed by atoms with Gasteiger partial charge < -0.3 is 178 Å². The third-order valence-electron chi connectivity index (χ3n) is 22.9. The first kappa shape index (κ1) is 102. The number of hydrogen-bond acceptors (Lipinski definition) is 37. The van der Waals surface area contributed by atoms with Crippen LogP contribution in [0.25, 0.3) is 0 Å². The largest absolute Gasteiger partial charge is 0.453 e. The number of esters is 1. The Morgan fingerprint density at radius 3 is 1.03 bits per heavy atom. The van der Waals surface area contributed by atoms with Crippen LogP contribution in [0, 0.1) is 0 Å². The molecule has 0 radical (unpaired) electrons. The molecule has 0 saturated carbocycles. The van der Waals surface area contributed by atoms with E-state index in [4.69, 9.17) is 71.1 Å². The fourth-order valence-electron chi connectivity index (χ4n) is 14.6. The zero-order valence-corrected chi connectivity index (χ0v) is 69.4. The van der Waals surface area contributed by atoms with Crippen molar-refractivity contribution < 1.29 is 183 Å². The summed E-state index contributed by atoms with van der Waals surface area (Å²) in [5, 5.41) is 224. The molecule has 37 heteroatoms. The monoisotopic (exact) mass is 1710 g/mol. The molecule has 7 saturated heterocycles. The van der Waals surface area contributed by atoms with Crippen LogP contribution >= 0.6 is 0 Å². The van der Waals surface area contributed by atoms with Crippen molar-refractivity contribution in [2.24, 2.45) is 0 Å². The second kappa shape index (κ2) is 47.5. The highest BCUT2D eigenvalue weighted by Gasteiger charge is 2.57. The summed E-state index contributed by atoms with van der Waals surface area (Å²) in [6.45, 7) is 22.0. The lowest BCUT2D eigenvalue weighted by Crippen LogP contribution is -2.65. The predicted molar refractivity (Wildman–Crippen MR) is 416 cm³/mol. The Bertz CT molecular complexity index is 3300. The normalized spacial score (nSPS) is 41.1. The SMILES string of the molecule is C=CC(C)(CC/C=C(\C)CC/C=C(\C)CC/C=C(/C)COC1OC(C)C(O)C(OC2OC(COC3OC(C)C(O)C(OC(=O)/C(C)=C/CC/C(C)=C/CC/C(C)=C/CCC(C)(C=C)OC4OC(CO)C(O)C(O)C4OC4OC(CO)C(O)C(O)C4O)C3O)C(O)C(O)C2O)C1O)OC1OC(CO)C(O)C(O)C1OC1OC(CO)C(O)C(O)C1O. The fourth-order valence-corrected chi connectivity index (χ4v) is 14.6. The van der Waals surface area contributed by atoms with Gasteiger partial charge in [0, 0.05) is 5.57 Å². The highest BCUT2D eigenvalue weighted by molar-refractivity contribution is 5.87. The highest BCUT2D eigenvalue weighted by Crippen LogP contribution is 2.38. The van der Waals surface area contributed by atoms with Gasteiger partial charge in [0.1, 0.15) is 153 Å². The molecule has 21 N–H and O–H groups in total. The van der Waals surface area contributed by atoms with Crippen molar-refractivity contribution in [3.63, 3.8) is 0 Å². The summed E-state index contributed by atoms with van der Waals surface area (Å²) < 4.78 is 87.8. The van der Waals surface area contributed by atoms with Crippen molar-refractivity contribution in [1.29, 1.82) is 0 Å². The minimum absolute atomic E-state index is 0.00290. The zero-order chi connectivity index (χ0) is 88.2. The van der Waals surface area contributed by atoms with E-state index in [1.54, 1.807) is 19.9 Å². The molecule has 37 atom stereocenters. The summed E-state index contributed by atoms with van der Waals surface area (Å²) in [5.41, 5.74) is 2.99. The Hall–Kier alpha value is -4.01. The molecule has 0 spiro atoms. The lowest BCUT2D eigenvalue weighted by Gasteiger charge is -2.47. The van der Waals surface area contributed by atoms with Gasteiger partial charge in [-0.2, -0.15) is 0 Å². The van der Waals surface area contributed by atoms with E-state index in [1.807, 2.05) is 52.8 Å². The topological polar surface area (TPSA) is 580 Å². The number of ether oxygens (including phenoxy) is 15. The summed E-state index contributed by atoms with van der Waals surface area (Å²) >= 11 is 0. The molecule has 0 aromatic heterocycles. The molecule has 0 aromatic rings. The van der Waals surface area contributed by atoms with Crippen LogP contribution in [-0.4, -0.2) is 379 Å². The Morgan fingerprint density at radius 2 is 0.647 bits per heavy atom. The van der Waals surface area contributed by atoms with Crippen LogP contribution < -0.4 is 0 Å². The molecule has 684 valence electrons. The number of hydrogen-bond donors (Lipinski definition) is 21. The first-order valence-corrected chi connectivity index (χ1v) is 40.8. The van der Waals surface area contributed by atoms with E-state index in [2.05, 4.69) is 25.3 Å². The van der Waals surface area contributed by atoms with Crippen LogP contribution in [0.3, 0.4) is 0 Å². The van der Waals surface area contributed by atoms with E-state index >= 15 is 0 Å². The molecule has 37 unspecified atom stereocenters. The lowest BCUT2D eigenvalue weighted by atomic mass is 9.95. The maximum atomic E-state index is 13.5. The van der Waals surface area contributed by atoms with Gasteiger partial charge in [-0.3, -0.25) is 0 Å². The molecule has 7 fully saturated rings. The molecule has 7 heterocycles. The minimum atomic E-state index is -1.93. The van der Waals surface area contributed by atoms with Gasteiger partial charge in [-0.25, -0.2) is 4.79 Å². The minimum Gasteiger partial charge on any atom is -0.453 e. The molecule has 0 aliphatic carbocycles.